The quantitative estimate of drug-likeness (QED) is 0.649. The van der Waals surface area contributed by atoms with Crippen molar-refractivity contribution >= 4 is 0 Å². The van der Waals surface area contributed by atoms with Crippen LogP contribution in [0.15, 0.2) is 12.7 Å². The van der Waals surface area contributed by atoms with Crippen molar-refractivity contribution in [3.8, 4) is 0 Å². The lowest BCUT2D eigenvalue weighted by Crippen LogP contribution is -2.32. The van der Waals surface area contributed by atoms with E-state index in [1.165, 1.54) is 39.0 Å². The van der Waals surface area contributed by atoms with E-state index in [9.17, 15) is 0 Å². The van der Waals surface area contributed by atoms with Crippen LogP contribution in [0.3, 0.4) is 0 Å². The Morgan fingerprint density at radius 1 is 1.60 bits per heavy atom. The third-order valence-corrected chi connectivity index (χ3v) is 3.38. The molecule has 0 saturated carbocycles. The summed E-state index contributed by atoms with van der Waals surface area (Å²) in [5, 5.41) is 3.63. The largest absolute Gasteiger partial charge is 0.314 e. The Morgan fingerprint density at radius 3 is 3.00 bits per heavy atom. The van der Waals surface area contributed by atoms with Gasteiger partial charge >= 0.3 is 0 Å². The van der Waals surface area contributed by atoms with Crippen molar-refractivity contribution < 1.29 is 0 Å². The number of hydrogen-bond donors (Lipinski definition) is 1. The van der Waals surface area contributed by atoms with Crippen LogP contribution in [0, 0.1) is 5.92 Å². The molecule has 0 amide bonds. The summed E-state index contributed by atoms with van der Waals surface area (Å²) in [4.78, 5) is 2.54. The van der Waals surface area contributed by atoms with Crippen LogP contribution < -0.4 is 5.32 Å². The molecule has 0 radical (unpaired) electrons. The summed E-state index contributed by atoms with van der Waals surface area (Å²) in [6.45, 7) is 13.3. The van der Waals surface area contributed by atoms with Gasteiger partial charge in [0.05, 0.1) is 0 Å². The molecule has 2 atom stereocenters. The summed E-state index contributed by atoms with van der Waals surface area (Å²) in [6, 6.07) is 0.638. The number of hydrogen-bond acceptors (Lipinski definition) is 2. The summed E-state index contributed by atoms with van der Waals surface area (Å²) in [7, 11) is 0. The van der Waals surface area contributed by atoms with Crippen LogP contribution in [-0.2, 0) is 0 Å². The molecule has 0 aromatic heterocycles. The molecule has 1 heterocycles. The van der Waals surface area contributed by atoms with E-state index in [0.717, 1.165) is 12.3 Å². The molecular formula is C13H26N2. The van der Waals surface area contributed by atoms with Crippen LogP contribution in [0.1, 0.15) is 33.1 Å². The molecule has 15 heavy (non-hydrogen) atoms. The predicted molar refractivity (Wildman–Crippen MR) is 67.1 cm³/mol. The highest BCUT2D eigenvalue weighted by atomic mass is 15.1. The van der Waals surface area contributed by atoms with Gasteiger partial charge in [0.2, 0.25) is 0 Å². The summed E-state index contributed by atoms with van der Waals surface area (Å²) in [6.07, 6.45) is 5.72. The predicted octanol–water partition coefficient (Wildman–Crippen LogP) is 2.27. The van der Waals surface area contributed by atoms with E-state index >= 15 is 0 Å². The van der Waals surface area contributed by atoms with Gasteiger partial charge < -0.3 is 10.2 Å². The highest BCUT2D eigenvalue weighted by Gasteiger charge is 2.20. The number of nitrogens with zero attached hydrogens (tertiary/aromatic N) is 1. The fourth-order valence-electron chi connectivity index (χ4n) is 2.20. The molecule has 0 aliphatic carbocycles. The van der Waals surface area contributed by atoms with Crippen LogP contribution in [0.25, 0.3) is 0 Å². The third-order valence-electron chi connectivity index (χ3n) is 3.38. The number of rotatable bonds is 7. The highest BCUT2D eigenvalue weighted by molar-refractivity contribution is 4.78. The lowest BCUT2D eigenvalue weighted by atomic mass is 10.1. The summed E-state index contributed by atoms with van der Waals surface area (Å²) >= 11 is 0. The molecular weight excluding hydrogens is 184 g/mol. The average molecular weight is 210 g/mol. The van der Waals surface area contributed by atoms with E-state index < -0.39 is 0 Å². The first-order valence-corrected chi connectivity index (χ1v) is 6.32. The van der Waals surface area contributed by atoms with Crippen molar-refractivity contribution in [1.82, 2.24) is 10.2 Å². The van der Waals surface area contributed by atoms with Crippen molar-refractivity contribution in [2.24, 2.45) is 5.92 Å². The SMILES string of the molecule is C=CCCC(C)NCC1CCN(CC)C1. The molecule has 1 aliphatic rings. The van der Waals surface area contributed by atoms with Gasteiger partial charge in [0, 0.05) is 12.6 Å². The molecule has 1 N–H and O–H groups in total. The minimum absolute atomic E-state index is 0.638. The van der Waals surface area contributed by atoms with Crippen molar-refractivity contribution in [2.45, 2.75) is 39.2 Å². The summed E-state index contributed by atoms with van der Waals surface area (Å²) in [5.74, 6) is 0.871. The first-order valence-electron chi connectivity index (χ1n) is 6.32. The standard InChI is InChI=1S/C13H26N2/c1-4-6-7-12(3)14-10-13-8-9-15(5-2)11-13/h4,12-14H,1,5-11H2,2-3H3. The lowest BCUT2D eigenvalue weighted by molar-refractivity contribution is 0.335. The normalized spacial score (nSPS) is 24.3. The van der Waals surface area contributed by atoms with E-state index in [2.05, 4.69) is 30.6 Å². The zero-order valence-corrected chi connectivity index (χ0v) is 10.3. The van der Waals surface area contributed by atoms with Crippen molar-refractivity contribution in [3.63, 3.8) is 0 Å². The molecule has 1 fully saturated rings. The highest BCUT2D eigenvalue weighted by Crippen LogP contribution is 2.14. The summed E-state index contributed by atoms with van der Waals surface area (Å²) in [5.41, 5.74) is 0. The number of nitrogens with one attached hydrogen (secondary N) is 1. The van der Waals surface area contributed by atoms with Gasteiger partial charge in [-0.2, -0.15) is 0 Å². The van der Waals surface area contributed by atoms with E-state index in [-0.39, 0.29) is 0 Å². The smallest absolute Gasteiger partial charge is 0.00417 e. The second-order valence-electron chi connectivity index (χ2n) is 4.72. The van der Waals surface area contributed by atoms with Crippen LogP contribution in [0.5, 0.6) is 0 Å². The van der Waals surface area contributed by atoms with Crippen molar-refractivity contribution in [1.29, 1.82) is 0 Å². The van der Waals surface area contributed by atoms with Gasteiger partial charge in [0.25, 0.3) is 0 Å². The van der Waals surface area contributed by atoms with Gasteiger partial charge in [0.1, 0.15) is 0 Å². The van der Waals surface area contributed by atoms with Crippen LogP contribution in [0.2, 0.25) is 0 Å². The molecule has 0 spiro atoms. The Balaban J connectivity index is 2.07. The summed E-state index contributed by atoms with van der Waals surface area (Å²) < 4.78 is 0. The average Bonchev–Trinajstić information content (AvgIpc) is 2.71. The monoisotopic (exact) mass is 210 g/mol. The van der Waals surface area contributed by atoms with Crippen molar-refractivity contribution in [2.75, 3.05) is 26.2 Å². The number of likely N-dealkylation sites (tertiary alicyclic amines) is 1. The van der Waals surface area contributed by atoms with E-state index in [4.69, 9.17) is 0 Å². The van der Waals surface area contributed by atoms with Crippen LogP contribution >= 0.6 is 0 Å². The van der Waals surface area contributed by atoms with E-state index in [0.29, 0.717) is 6.04 Å². The molecule has 0 bridgehead atoms. The minimum atomic E-state index is 0.638. The van der Waals surface area contributed by atoms with Crippen LogP contribution in [-0.4, -0.2) is 37.1 Å². The second-order valence-corrected chi connectivity index (χ2v) is 4.72. The van der Waals surface area contributed by atoms with Crippen LogP contribution in [0.4, 0.5) is 0 Å². The Bertz CT molecular complexity index is 179. The first kappa shape index (κ1) is 12.7. The van der Waals surface area contributed by atoms with E-state index in [1.807, 2.05) is 6.08 Å². The van der Waals surface area contributed by atoms with Gasteiger partial charge in [0.15, 0.2) is 0 Å². The maximum Gasteiger partial charge on any atom is 0.00417 e. The molecule has 2 nitrogen and oxygen atoms in total. The molecule has 2 heteroatoms. The zero-order valence-electron chi connectivity index (χ0n) is 10.3. The Kier molecular flexibility index (Phi) is 5.96. The Labute approximate surface area is 94.7 Å². The minimum Gasteiger partial charge on any atom is -0.314 e. The van der Waals surface area contributed by atoms with Gasteiger partial charge in [-0.05, 0) is 51.7 Å². The van der Waals surface area contributed by atoms with Gasteiger partial charge in [-0.15, -0.1) is 6.58 Å². The number of allylic oxidation sites excluding steroid dienone is 1. The Morgan fingerprint density at radius 2 is 2.40 bits per heavy atom. The van der Waals surface area contributed by atoms with Gasteiger partial charge in [-0.3, -0.25) is 0 Å². The molecule has 0 aromatic rings. The molecule has 1 aliphatic heterocycles. The van der Waals surface area contributed by atoms with Gasteiger partial charge in [-0.1, -0.05) is 13.0 Å². The lowest BCUT2D eigenvalue weighted by Gasteiger charge is -2.17. The maximum atomic E-state index is 3.76. The second kappa shape index (κ2) is 7.02. The molecule has 0 aromatic carbocycles. The molecule has 1 saturated heterocycles. The fraction of sp³-hybridized carbons (Fsp3) is 0.846. The first-order chi connectivity index (χ1) is 7.26. The maximum absolute atomic E-state index is 3.76. The van der Waals surface area contributed by atoms with Gasteiger partial charge in [-0.25, -0.2) is 0 Å². The fourth-order valence-corrected chi connectivity index (χ4v) is 2.20. The molecule has 2 unspecified atom stereocenters. The zero-order chi connectivity index (χ0) is 11.1. The topological polar surface area (TPSA) is 15.3 Å². The van der Waals surface area contributed by atoms with Crippen molar-refractivity contribution in [3.05, 3.63) is 12.7 Å². The van der Waals surface area contributed by atoms with E-state index in [1.54, 1.807) is 0 Å². The molecule has 88 valence electrons. The molecule has 1 rings (SSSR count). The Hall–Kier alpha value is -0.340. The third kappa shape index (κ3) is 4.80.